The predicted octanol–water partition coefficient (Wildman–Crippen LogP) is 2.36. The van der Waals surface area contributed by atoms with Gasteiger partial charge in [0.15, 0.2) is 5.75 Å². The van der Waals surface area contributed by atoms with E-state index < -0.39 is 6.10 Å². The molecule has 0 bridgehead atoms. The summed E-state index contributed by atoms with van der Waals surface area (Å²) in [7, 11) is 0. The van der Waals surface area contributed by atoms with Gasteiger partial charge in [-0.2, -0.15) is 0 Å². The number of hydrogen-bond donors (Lipinski definition) is 2. The Morgan fingerprint density at radius 2 is 2.15 bits per heavy atom. The van der Waals surface area contributed by atoms with Crippen molar-refractivity contribution in [3.63, 3.8) is 0 Å². The van der Waals surface area contributed by atoms with Crippen molar-refractivity contribution in [2.24, 2.45) is 0 Å². The first-order valence-electron chi connectivity index (χ1n) is 4.14. The number of aromatic nitrogens is 1. The van der Waals surface area contributed by atoms with Crippen molar-refractivity contribution in [1.29, 1.82) is 0 Å². The van der Waals surface area contributed by atoms with E-state index in [1.807, 2.05) is 0 Å². The van der Waals surface area contributed by atoms with Crippen molar-refractivity contribution in [2.75, 3.05) is 0 Å². The van der Waals surface area contributed by atoms with Crippen molar-refractivity contribution in [3.05, 3.63) is 30.0 Å². The Labute approximate surface area is 75.6 Å². The molecule has 0 saturated heterocycles. The number of hydrogen-bond acceptors (Lipinski definition) is 1. The Kier molecular flexibility index (Phi) is 1.74. The number of benzene rings is 1. The number of nitrogens with one attached hydrogen (secondary N) is 1. The molecule has 1 unspecified atom stereocenters. The zero-order valence-corrected chi connectivity index (χ0v) is 7.24. The van der Waals surface area contributed by atoms with E-state index in [1.54, 1.807) is 25.1 Å². The third-order valence-corrected chi connectivity index (χ3v) is 2.06. The second-order valence-electron chi connectivity index (χ2n) is 3.15. The molecule has 1 aromatic heterocycles. The van der Waals surface area contributed by atoms with E-state index in [0.29, 0.717) is 0 Å². The SMILES string of the molecule is CC(O)c1cc2cc([O])ccc2[nH]1. The third-order valence-electron chi connectivity index (χ3n) is 2.06. The highest BCUT2D eigenvalue weighted by Gasteiger charge is 2.05. The minimum Gasteiger partial charge on any atom is -0.387 e. The van der Waals surface area contributed by atoms with Crippen molar-refractivity contribution in [1.82, 2.24) is 4.98 Å². The molecule has 1 aromatic carbocycles. The minimum absolute atomic E-state index is 0.0105. The zero-order chi connectivity index (χ0) is 9.42. The molecule has 1 heterocycles. The monoisotopic (exact) mass is 176 g/mol. The molecule has 0 fully saturated rings. The Morgan fingerprint density at radius 3 is 2.85 bits per heavy atom. The van der Waals surface area contributed by atoms with E-state index >= 15 is 0 Å². The van der Waals surface area contributed by atoms with Crippen LogP contribution >= 0.6 is 0 Å². The van der Waals surface area contributed by atoms with Gasteiger partial charge in [-0.05, 0) is 31.2 Å². The molecule has 0 aliphatic heterocycles. The summed E-state index contributed by atoms with van der Waals surface area (Å²) in [4.78, 5) is 3.03. The molecule has 3 nitrogen and oxygen atoms in total. The zero-order valence-electron chi connectivity index (χ0n) is 7.24. The standard InChI is InChI=1S/C10H10NO2/c1-6(12)10-5-7-4-8(13)2-3-9(7)11-10/h2-6,11-12H,1H3. The minimum atomic E-state index is -0.525. The summed E-state index contributed by atoms with van der Waals surface area (Å²) in [5, 5.41) is 21.1. The topological polar surface area (TPSA) is 55.9 Å². The van der Waals surface area contributed by atoms with Gasteiger partial charge in [0.05, 0.1) is 6.10 Å². The summed E-state index contributed by atoms with van der Waals surface area (Å²) in [6, 6.07) is 6.58. The molecule has 1 atom stereocenters. The fourth-order valence-corrected chi connectivity index (χ4v) is 1.36. The van der Waals surface area contributed by atoms with Gasteiger partial charge in [-0.3, -0.25) is 5.11 Å². The van der Waals surface area contributed by atoms with Crippen LogP contribution in [0.4, 0.5) is 0 Å². The summed E-state index contributed by atoms with van der Waals surface area (Å²) in [6.45, 7) is 1.68. The first-order valence-corrected chi connectivity index (χ1v) is 4.14. The second kappa shape index (κ2) is 2.78. The quantitative estimate of drug-likeness (QED) is 0.688. The van der Waals surface area contributed by atoms with Crippen LogP contribution in [0.2, 0.25) is 0 Å². The molecule has 0 amide bonds. The summed E-state index contributed by atoms with van der Waals surface area (Å²) < 4.78 is 0. The van der Waals surface area contributed by atoms with Crippen LogP contribution < -0.4 is 0 Å². The molecule has 13 heavy (non-hydrogen) atoms. The van der Waals surface area contributed by atoms with Gasteiger partial charge in [-0.25, -0.2) is 0 Å². The fourth-order valence-electron chi connectivity index (χ4n) is 1.36. The Morgan fingerprint density at radius 1 is 1.38 bits per heavy atom. The lowest BCUT2D eigenvalue weighted by molar-refractivity contribution is 0.195. The second-order valence-corrected chi connectivity index (χ2v) is 3.15. The van der Waals surface area contributed by atoms with E-state index in [2.05, 4.69) is 4.98 Å². The summed E-state index contributed by atoms with van der Waals surface area (Å²) in [5.74, 6) is -0.0105. The first kappa shape index (κ1) is 8.13. The van der Waals surface area contributed by atoms with E-state index in [1.165, 1.54) is 6.07 Å². The van der Waals surface area contributed by atoms with Crippen LogP contribution in [0.25, 0.3) is 10.9 Å². The molecule has 0 aliphatic rings. The van der Waals surface area contributed by atoms with Gasteiger partial charge in [0.2, 0.25) is 0 Å². The van der Waals surface area contributed by atoms with Crippen molar-refractivity contribution < 1.29 is 10.2 Å². The van der Waals surface area contributed by atoms with Gasteiger partial charge in [0.1, 0.15) is 0 Å². The maximum absolute atomic E-state index is 11.0. The fraction of sp³-hybridized carbons (Fsp3) is 0.200. The van der Waals surface area contributed by atoms with E-state index in [9.17, 15) is 10.2 Å². The van der Waals surface area contributed by atoms with Gasteiger partial charge in [-0.1, -0.05) is 0 Å². The molecule has 0 saturated carbocycles. The van der Waals surface area contributed by atoms with Crippen LogP contribution in [0.1, 0.15) is 18.7 Å². The molecular weight excluding hydrogens is 166 g/mol. The van der Waals surface area contributed by atoms with Crippen molar-refractivity contribution in [3.8, 4) is 5.75 Å². The van der Waals surface area contributed by atoms with Crippen LogP contribution in [0.5, 0.6) is 5.75 Å². The lowest BCUT2D eigenvalue weighted by Crippen LogP contribution is -1.88. The number of aliphatic hydroxyl groups excluding tert-OH is 1. The molecule has 2 aromatic rings. The predicted molar refractivity (Wildman–Crippen MR) is 49.1 cm³/mol. The van der Waals surface area contributed by atoms with E-state index in [-0.39, 0.29) is 5.75 Å². The smallest absolute Gasteiger partial charge is 0.179 e. The lowest BCUT2D eigenvalue weighted by Gasteiger charge is -1.97. The van der Waals surface area contributed by atoms with Gasteiger partial charge in [0.25, 0.3) is 0 Å². The molecule has 1 radical (unpaired) electrons. The van der Waals surface area contributed by atoms with Crippen LogP contribution in [0, 0.1) is 0 Å². The molecule has 2 N–H and O–H groups in total. The Hall–Kier alpha value is -1.48. The summed E-state index contributed by atoms with van der Waals surface area (Å²) in [5.41, 5.74) is 1.62. The average Bonchev–Trinajstić information content (AvgIpc) is 2.46. The molecule has 3 heteroatoms. The highest BCUT2D eigenvalue weighted by atomic mass is 16.3. The van der Waals surface area contributed by atoms with E-state index in [0.717, 1.165) is 16.6 Å². The van der Waals surface area contributed by atoms with Gasteiger partial charge >= 0.3 is 0 Å². The lowest BCUT2D eigenvalue weighted by atomic mass is 10.2. The van der Waals surface area contributed by atoms with Crippen LogP contribution in [0.15, 0.2) is 24.3 Å². The Bertz CT molecular complexity index is 431. The normalized spacial score (nSPS) is 13.4. The highest BCUT2D eigenvalue weighted by Crippen LogP contribution is 2.23. The number of fused-ring (bicyclic) bond motifs is 1. The largest absolute Gasteiger partial charge is 0.387 e. The third kappa shape index (κ3) is 1.38. The molecular formula is C10H10NO2. The van der Waals surface area contributed by atoms with E-state index in [4.69, 9.17) is 0 Å². The van der Waals surface area contributed by atoms with Gasteiger partial charge in [0, 0.05) is 16.6 Å². The van der Waals surface area contributed by atoms with Crippen LogP contribution in [-0.4, -0.2) is 10.1 Å². The summed E-state index contributed by atoms with van der Waals surface area (Å²) >= 11 is 0. The van der Waals surface area contributed by atoms with Crippen molar-refractivity contribution in [2.45, 2.75) is 13.0 Å². The maximum atomic E-state index is 11.0. The first-order chi connectivity index (χ1) is 6.16. The van der Waals surface area contributed by atoms with Crippen LogP contribution in [-0.2, 0) is 5.11 Å². The number of aromatic amines is 1. The summed E-state index contributed by atoms with van der Waals surface area (Å²) in [6.07, 6.45) is -0.525. The van der Waals surface area contributed by atoms with Gasteiger partial charge < -0.3 is 10.1 Å². The molecule has 67 valence electrons. The van der Waals surface area contributed by atoms with Crippen LogP contribution in [0.3, 0.4) is 0 Å². The number of rotatable bonds is 1. The number of aliphatic hydroxyl groups is 1. The van der Waals surface area contributed by atoms with Gasteiger partial charge in [-0.15, -0.1) is 0 Å². The maximum Gasteiger partial charge on any atom is 0.179 e. The average molecular weight is 176 g/mol. The van der Waals surface area contributed by atoms with Crippen molar-refractivity contribution >= 4 is 10.9 Å². The molecule has 2 rings (SSSR count). The highest BCUT2D eigenvalue weighted by molar-refractivity contribution is 5.81. The molecule has 0 spiro atoms. The molecule has 0 aliphatic carbocycles. The Balaban J connectivity index is 2.62. The number of H-pyrrole nitrogens is 1.